The number of carbonyl (C=O) groups is 1. The van der Waals surface area contributed by atoms with Gasteiger partial charge in [-0.1, -0.05) is 18.2 Å². The number of rotatable bonds is 8. The lowest BCUT2D eigenvalue weighted by Gasteiger charge is -2.11. The third-order valence-corrected chi connectivity index (χ3v) is 4.22. The summed E-state index contributed by atoms with van der Waals surface area (Å²) in [6.07, 6.45) is 6.72. The average molecular weight is 305 g/mol. The van der Waals surface area contributed by atoms with Crippen molar-refractivity contribution >= 4 is 28.6 Å². The van der Waals surface area contributed by atoms with Crippen molar-refractivity contribution in [3.63, 3.8) is 0 Å². The van der Waals surface area contributed by atoms with Crippen molar-refractivity contribution in [1.29, 1.82) is 0 Å². The summed E-state index contributed by atoms with van der Waals surface area (Å²) in [6, 6.07) is 7.57. The summed E-state index contributed by atoms with van der Waals surface area (Å²) >= 11 is 1.83. The van der Waals surface area contributed by atoms with Gasteiger partial charge in [-0.3, -0.25) is 4.79 Å². The van der Waals surface area contributed by atoms with E-state index in [-0.39, 0.29) is 5.91 Å². The largest absolute Gasteiger partial charge is 0.361 e. The predicted molar refractivity (Wildman–Crippen MR) is 90.6 cm³/mol. The molecule has 0 saturated heterocycles. The number of thioether (sulfide) groups is 1. The Bertz CT molecular complexity index is 582. The van der Waals surface area contributed by atoms with Gasteiger partial charge in [0.05, 0.1) is 6.04 Å². The smallest absolute Gasteiger partial charge is 0.237 e. The van der Waals surface area contributed by atoms with Crippen LogP contribution >= 0.6 is 11.8 Å². The molecule has 0 unspecified atom stereocenters. The average Bonchev–Trinajstić information content (AvgIpc) is 2.90. The van der Waals surface area contributed by atoms with Crippen LogP contribution in [-0.2, 0) is 11.2 Å². The molecule has 4 N–H and O–H groups in total. The second-order valence-electron chi connectivity index (χ2n) is 5.16. The van der Waals surface area contributed by atoms with E-state index in [4.69, 9.17) is 5.73 Å². The zero-order valence-electron chi connectivity index (χ0n) is 12.4. The van der Waals surface area contributed by atoms with E-state index < -0.39 is 6.04 Å². The van der Waals surface area contributed by atoms with Gasteiger partial charge in [0.15, 0.2) is 0 Å². The van der Waals surface area contributed by atoms with Crippen LogP contribution in [0.5, 0.6) is 0 Å². The molecule has 1 aromatic heterocycles. The van der Waals surface area contributed by atoms with Crippen LogP contribution in [0.15, 0.2) is 30.5 Å². The van der Waals surface area contributed by atoms with Crippen molar-refractivity contribution in [3.05, 3.63) is 36.0 Å². The molecule has 0 bridgehead atoms. The van der Waals surface area contributed by atoms with Crippen LogP contribution in [0, 0.1) is 0 Å². The Hall–Kier alpha value is -1.46. The van der Waals surface area contributed by atoms with Gasteiger partial charge in [-0.05, 0) is 42.9 Å². The number of aromatic amines is 1. The normalized spacial score (nSPS) is 12.5. The van der Waals surface area contributed by atoms with Crippen molar-refractivity contribution in [2.45, 2.75) is 25.3 Å². The van der Waals surface area contributed by atoms with E-state index in [1.165, 1.54) is 0 Å². The molecule has 0 fully saturated rings. The third-order valence-electron chi connectivity index (χ3n) is 3.53. The Kier molecular flexibility index (Phi) is 6.14. The van der Waals surface area contributed by atoms with Gasteiger partial charge in [-0.25, -0.2) is 0 Å². The maximum Gasteiger partial charge on any atom is 0.237 e. The fraction of sp³-hybridized carbons (Fsp3) is 0.438. The first-order valence-corrected chi connectivity index (χ1v) is 8.69. The summed E-state index contributed by atoms with van der Waals surface area (Å²) in [5, 5.41) is 4.06. The highest BCUT2D eigenvalue weighted by molar-refractivity contribution is 7.98. The molecular formula is C16H23N3OS. The summed E-state index contributed by atoms with van der Waals surface area (Å²) in [5.41, 5.74) is 8.18. The first kappa shape index (κ1) is 15.9. The van der Waals surface area contributed by atoms with Crippen molar-refractivity contribution in [3.8, 4) is 0 Å². The SMILES string of the molecule is CSCCCCNC(=O)[C@H](N)Cc1c[nH]c2ccccc12. The summed E-state index contributed by atoms with van der Waals surface area (Å²) in [5.74, 6) is 1.07. The molecule has 2 rings (SSSR count). The molecule has 0 aliphatic rings. The van der Waals surface area contributed by atoms with Crippen molar-refractivity contribution in [2.24, 2.45) is 5.73 Å². The molecule has 0 saturated carbocycles. The summed E-state index contributed by atoms with van der Waals surface area (Å²) in [4.78, 5) is 15.2. The van der Waals surface area contributed by atoms with Crippen LogP contribution < -0.4 is 11.1 Å². The Labute approximate surface area is 129 Å². The molecule has 1 amide bonds. The number of carbonyl (C=O) groups excluding carboxylic acids is 1. The lowest BCUT2D eigenvalue weighted by Crippen LogP contribution is -2.42. The minimum atomic E-state index is -0.496. The topological polar surface area (TPSA) is 70.9 Å². The number of nitrogens with two attached hydrogens (primary N) is 1. The van der Waals surface area contributed by atoms with E-state index in [2.05, 4.69) is 16.6 Å². The lowest BCUT2D eigenvalue weighted by molar-refractivity contribution is -0.122. The van der Waals surface area contributed by atoms with E-state index in [0.717, 1.165) is 35.1 Å². The molecule has 1 atom stereocenters. The maximum absolute atomic E-state index is 12.0. The Balaban J connectivity index is 1.83. The van der Waals surface area contributed by atoms with Crippen LogP contribution in [0.2, 0.25) is 0 Å². The standard InChI is InChI=1S/C16H23N3OS/c1-21-9-5-4-8-18-16(20)14(17)10-12-11-19-15-7-3-2-6-13(12)15/h2-3,6-7,11,14,19H,4-5,8-10,17H2,1H3,(H,18,20)/t14-/m1/s1. The highest BCUT2D eigenvalue weighted by atomic mass is 32.2. The van der Waals surface area contributed by atoms with Crippen LogP contribution in [0.25, 0.3) is 10.9 Å². The second-order valence-corrected chi connectivity index (χ2v) is 6.15. The number of fused-ring (bicyclic) bond motifs is 1. The fourth-order valence-electron chi connectivity index (χ4n) is 2.34. The van der Waals surface area contributed by atoms with Gasteiger partial charge < -0.3 is 16.0 Å². The summed E-state index contributed by atoms with van der Waals surface area (Å²) in [6.45, 7) is 0.709. The maximum atomic E-state index is 12.0. The van der Waals surface area contributed by atoms with E-state index >= 15 is 0 Å². The Morgan fingerprint density at radius 3 is 3.00 bits per heavy atom. The summed E-state index contributed by atoms with van der Waals surface area (Å²) in [7, 11) is 0. The third kappa shape index (κ3) is 4.51. The van der Waals surface area contributed by atoms with E-state index in [0.29, 0.717) is 13.0 Å². The molecule has 0 aliphatic heterocycles. The molecule has 5 heteroatoms. The van der Waals surface area contributed by atoms with E-state index in [9.17, 15) is 4.79 Å². The number of hydrogen-bond acceptors (Lipinski definition) is 3. The molecule has 4 nitrogen and oxygen atoms in total. The number of aromatic nitrogens is 1. The number of H-pyrrole nitrogens is 1. The van der Waals surface area contributed by atoms with Gasteiger partial charge in [-0.2, -0.15) is 11.8 Å². The minimum Gasteiger partial charge on any atom is -0.361 e. The molecule has 0 radical (unpaired) electrons. The molecule has 114 valence electrons. The molecule has 2 aromatic rings. The number of para-hydroxylation sites is 1. The fourth-order valence-corrected chi connectivity index (χ4v) is 2.84. The predicted octanol–water partition coefficient (Wildman–Crippen LogP) is 2.30. The van der Waals surface area contributed by atoms with Crippen LogP contribution in [0.4, 0.5) is 0 Å². The van der Waals surface area contributed by atoms with Gasteiger partial charge in [0.1, 0.15) is 0 Å². The first-order valence-electron chi connectivity index (χ1n) is 7.29. The molecule has 1 heterocycles. The molecule has 0 aliphatic carbocycles. The van der Waals surface area contributed by atoms with Crippen molar-refractivity contribution in [2.75, 3.05) is 18.6 Å². The van der Waals surface area contributed by atoms with Crippen LogP contribution in [0.1, 0.15) is 18.4 Å². The van der Waals surface area contributed by atoms with Crippen molar-refractivity contribution in [1.82, 2.24) is 10.3 Å². The Morgan fingerprint density at radius 1 is 1.38 bits per heavy atom. The monoisotopic (exact) mass is 305 g/mol. The number of benzene rings is 1. The van der Waals surface area contributed by atoms with Crippen LogP contribution in [-0.4, -0.2) is 35.5 Å². The van der Waals surface area contributed by atoms with Gasteiger partial charge in [-0.15, -0.1) is 0 Å². The van der Waals surface area contributed by atoms with Crippen molar-refractivity contribution < 1.29 is 4.79 Å². The molecule has 21 heavy (non-hydrogen) atoms. The zero-order chi connectivity index (χ0) is 15.1. The van der Waals surface area contributed by atoms with Crippen LogP contribution in [0.3, 0.4) is 0 Å². The number of nitrogens with one attached hydrogen (secondary N) is 2. The van der Waals surface area contributed by atoms with Gasteiger partial charge in [0.25, 0.3) is 0 Å². The number of hydrogen-bond donors (Lipinski definition) is 3. The van der Waals surface area contributed by atoms with E-state index in [1.807, 2.05) is 42.2 Å². The summed E-state index contributed by atoms with van der Waals surface area (Å²) < 4.78 is 0. The highest BCUT2D eigenvalue weighted by Crippen LogP contribution is 2.18. The van der Waals surface area contributed by atoms with Gasteiger partial charge in [0, 0.05) is 23.6 Å². The van der Waals surface area contributed by atoms with Gasteiger partial charge >= 0.3 is 0 Å². The molecule has 0 spiro atoms. The number of amides is 1. The first-order chi connectivity index (χ1) is 10.2. The molecule has 1 aromatic carbocycles. The van der Waals surface area contributed by atoms with Gasteiger partial charge in [0.2, 0.25) is 5.91 Å². The Morgan fingerprint density at radius 2 is 2.19 bits per heavy atom. The second kappa shape index (κ2) is 8.10. The lowest BCUT2D eigenvalue weighted by atomic mass is 10.1. The number of unbranched alkanes of at least 4 members (excludes halogenated alkanes) is 1. The molecular weight excluding hydrogens is 282 g/mol. The van der Waals surface area contributed by atoms with E-state index in [1.54, 1.807) is 0 Å². The minimum absolute atomic E-state index is 0.0653. The highest BCUT2D eigenvalue weighted by Gasteiger charge is 2.15. The quantitative estimate of drug-likeness (QED) is 0.655. The zero-order valence-corrected chi connectivity index (χ0v) is 13.2.